The summed E-state index contributed by atoms with van der Waals surface area (Å²) in [6.45, 7) is 3.45. The Balaban J connectivity index is 1.96. The molecule has 2 aromatic carbocycles. The quantitative estimate of drug-likeness (QED) is 0.180. The van der Waals surface area contributed by atoms with Crippen LogP contribution in [0.3, 0.4) is 0 Å². The monoisotopic (exact) mass is 411 g/mol. The molecule has 0 aliphatic heterocycles. The second-order valence-corrected chi connectivity index (χ2v) is 6.75. The van der Waals surface area contributed by atoms with Crippen molar-refractivity contribution in [3.8, 4) is 0 Å². The lowest BCUT2D eigenvalue weighted by Crippen LogP contribution is -2.46. The van der Waals surface area contributed by atoms with Crippen LogP contribution in [0.1, 0.15) is 27.0 Å². The molecular weight excluding hydrogens is 386 g/mol. The van der Waals surface area contributed by atoms with Crippen molar-refractivity contribution in [2.75, 3.05) is 6.54 Å². The SMILES string of the molecule is Cc1ccc(C)c(CC(NC(=O)CNC(=O)c2cccc(N=CNN)c2)C(=O)O)c1. The van der Waals surface area contributed by atoms with Crippen molar-refractivity contribution in [3.05, 3.63) is 64.7 Å². The molecule has 30 heavy (non-hydrogen) atoms. The van der Waals surface area contributed by atoms with Crippen LogP contribution in [0, 0.1) is 13.8 Å². The van der Waals surface area contributed by atoms with Gasteiger partial charge in [-0.05, 0) is 43.2 Å². The number of benzene rings is 2. The summed E-state index contributed by atoms with van der Waals surface area (Å²) in [5, 5.41) is 14.4. The molecule has 0 fully saturated rings. The molecule has 0 saturated heterocycles. The lowest BCUT2D eigenvalue weighted by Gasteiger charge is -2.16. The molecule has 2 aromatic rings. The van der Waals surface area contributed by atoms with Gasteiger partial charge in [-0.15, -0.1) is 0 Å². The van der Waals surface area contributed by atoms with E-state index in [1.807, 2.05) is 32.0 Å². The number of nitrogens with zero attached hydrogens (tertiary/aromatic N) is 1. The Morgan fingerprint density at radius 3 is 2.63 bits per heavy atom. The van der Waals surface area contributed by atoms with Crippen molar-refractivity contribution in [1.82, 2.24) is 16.1 Å². The Morgan fingerprint density at radius 1 is 1.17 bits per heavy atom. The number of hydrogen-bond acceptors (Lipinski definition) is 5. The second kappa shape index (κ2) is 10.7. The number of rotatable bonds is 9. The average molecular weight is 411 g/mol. The summed E-state index contributed by atoms with van der Waals surface area (Å²) in [5.74, 6) is 2.89. The molecule has 0 spiro atoms. The number of nitrogens with one attached hydrogen (secondary N) is 3. The van der Waals surface area contributed by atoms with Gasteiger partial charge in [0, 0.05) is 12.0 Å². The van der Waals surface area contributed by atoms with E-state index in [0.717, 1.165) is 16.7 Å². The molecule has 0 aliphatic rings. The molecule has 6 N–H and O–H groups in total. The van der Waals surface area contributed by atoms with E-state index >= 15 is 0 Å². The van der Waals surface area contributed by atoms with Crippen molar-refractivity contribution in [2.45, 2.75) is 26.3 Å². The van der Waals surface area contributed by atoms with Gasteiger partial charge < -0.3 is 21.2 Å². The van der Waals surface area contributed by atoms with Gasteiger partial charge in [0.05, 0.1) is 12.2 Å². The van der Waals surface area contributed by atoms with Crippen LogP contribution in [0.2, 0.25) is 0 Å². The standard InChI is InChI=1S/C21H25N5O4/c1-13-6-7-14(2)16(8-13)10-18(21(29)30)26-19(27)11-23-20(28)15-4-3-5-17(9-15)24-12-25-22/h3-9,12,18H,10-11,22H2,1-2H3,(H,23,28)(H,24,25)(H,26,27)(H,29,30). The van der Waals surface area contributed by atoms with Crippen LogP contribution in [-0.2, 0) is 16.0 Å². The minimum absolute atomic E-state index is 0.151. The van der Waals surface area contributed by atoms with Gasteiger partial charge >= 0.3 is 5.97 Å². The first-order valence-corrected chi connectivity index (χ1v) is 9.25. The maximum absolute atomic E-state index is 12.3. The number of carboxylic acid groups (broad SMARTS) is 1. The van der Waals surface area contributed by atoms with E-state index in [0.29, 0.717) is 11.3 Å². The fourth-order valence-corrected chi connectivity index (χ4v) is 2.79. The number of carbonyl (C=O) groups is 3. The first-order valence-electron chi connectivity index (χ1n) is 9.25. The van der Waals surface area contributed by atoms with E-state index in [9.17, 15) is 19.5 Å². The first-order chi connectivity index (χ1) is 14.3. The van der Waals surface area contributed by atoms with Crippen molar-refractivity contribution in [2.24, 2.45) is 10.8 Å². The van der Waals surface area contributed by atoms with Crippen molar-refractivity contribution in [3.63, 3.8) is 0 Å². The fourth-order valence-electron chi connectivity index (χ4n) is 2.79. The Hall–Kier alpha value is -3.72. The van der Waals surface area contributed by atoms with Crippen LogP contribution in [0.15, 0.2) is 47.5 Å². The minimum Gasteiger partial charge on any atom is -0.480 e. The number of hydrogen-bond donors (Lipinski definition) is 5. The van der Waals surface area contributed by atoms with Crippen LogP contribution in [-0.4, -0.2) is 41.8 Å². The number of carbonyl (C=O) groups excluding carboxylic acids is 2. The maximum atomic E-state index is 12.3. The lowest BCUT2D eigenvalue weighted by molar-refractivity contribution is -0.141. The lowest BCUT2D eigenvalue weighted by atomic mass is 9.99. The van der Waals surface area contributed by atoms with Gasteiger partial charge in [0.1, 0.15) is 12.4 Å². The van der Waals surface area contributed by atoms with Gasteiger partial charge in [-0.1, -0.05) is 29.8 Å². The summed E-state index contributed by atoms with van der Waals surface area (Å²) >= 11 is 0. The number of hydrazine groups is 1. The van der Waals surface area contributed by atoms with Gasteiger partial charge in [0.15, 0.2) is 0 Å². The molecule has 0 bridgehead atoms. The molecule has 2 amide bonds. The molecule has 0 aromatic heterocycles. The molecule has 9 nitrogen and oxygen atoms in total. The van der Waals surface area contributed by atoms with E-state index in [-0.39, 0.29) is 13.0 Å². The van der Waals surface area contributed by atoms with E-state index in [1.165, 1.54) is 12.4 Å². The third-order valence-corrected chi connectivity index (χ3v) is 4.37. The number of aliphatic imine (C=N–C) groups is 1. The number of aryl methyl sites for hydroxylation is 2. The molecule has 0 heterocycles. The largest absolute Gasteiger partial charge is 0.480 e. The highest BCUT2D eigenvalue weighted by Gasteiger charge is 2.21. The number of aliphatic carboxylic acids is 1. The Kier molecular flexibility index (Phi) is 8.07. The molecule has 1 atom stereocenters. The summed E-state index contributed by atoms with van der Waals surface area (Å²) in [4.78, 5) is 40.1. The third kappa shape index (κ3) is 6.71. The average Bonchev–Trinajstić information content (AvgIpc) is 2.72. The third-order valence-electron chi connectivity index (χ3n) is 4.37. The molecule has 0 radical (unpaired) electrons. The summed E-state index contributed by atoms with van der Waals surface area (Å²) in [7, 11) is 0. The Morgan fingerprint density at radius 2 is 1.93 bits per heavy atom. The highest BCUT2D eigenvalue weighted by atomic mass is 16.4. The Bertz CT molecular complexity index is 958. The molecule has 2 rings (SSSR count). The number of amides is 2. The van der Waals surface area contributed by atoms with Crippen molar-refractivity contribution < 1.29 is 19.5 Å². The molecule has 158 valence electrons. The van der Waals surface area contributed by atoms with E-state index in [4.69, 9.17) is 5.84 Å². The number of carboxylic acids is 1. The maximum Gasteiger partial charge on any atom is 0.326 e. The van der Waals surface area contributed by atoms with E-state index < -0.39 is 23.8 Å². The normalized spacial score (nSPS) is 11.7. The van der Waals surface area contributed by atoms with Crippen molar-refractivity contribution in [1.29, 1.82) is 0 Å². The van der Waals surface area contributed by atoms with Crippen LogP contribution in [0.5, 0.6) is 0 Å². The zero-order valence-electron chi connectivity index (χ0n) is 16.8. The zero-order chi connectivity index (χ0) is 22.1. The van der Waals surface area contributed by atoms with Gasteiger partial charge in [-0.3, -0.25) is 9.59 Å². The van der Waals surface area contributed by atoms with Crippen molar-refractivity contribution >= 4 is 29.8 Å². The van der Waals surface area contributed by atoms with Crippen LogP contribution >= 0.6 is 0 Å². The fraction of sp³-hybridized carbons (Fsp3) is 0.238. The molecule has 1 unspecified atom stereocenters. The summed E-state index contributed by atoms with van der Waals surface area (Å²) < 4.78 is 0. The highest BCUT2D eigenvalue weighted by molar-refractivity contribution is 5.97. The molecule has 9 heteroatoms. The zero-order valence-corrected chi connectivity index (χ0v) is 16.8. The molecular formula is C21H25N5O4. The van der Waals surface area contributed by atoms with Gasteiger partial charge in [-0.25, -0.2) is 15.6 Å². The minimum atomic E-state index is -1.14. The second-order valence-electron chi connectivity index (χ2n) is 6.75. The molecule has 0 saturated carbocycles. The highest BCUT2D eigenvalue weighted by Crippen LogP contribution is 2.14. The topological polar surface area (TPSA) is 146 Å². The van der Waals surface area contributed by atoms with Gasteiger partial charge in [0.2, 0.25) is 5.91 Å². The van der Waals surface area contributed by atoms with Crippen LogP contribution < -0.4 is 21.9 Å². The summed E-state index contributed by atoms with van der Waals surface area (Å²) in [5.41, 5.74) is 5.87. The Labute approximate surface area is 174 Å². The first kappa shape index (κ1) is 22.6. The van der Waals surface area contributed by atoms with Gasteiger partial charge in [-0.2, -0.15) is 0 Å². The summed E-state index contributed by atoms with van der Waals surface area (Å²) in [6.07, 6.45) is 1.42. The smallest absolute Gasteiger partial charge is 0.326 e. The van der Waals surface area contributed by atoms with Gasteiger partial charge in [0.25, 0.3) is 5.91 Å². The molecule has 0 aliphatic carbocycles. The predicted molar refractivity (Wildman–Crippen MR) is 113 cm³/mol. The van der Waals surface area contributed by atoms with E-state index in [2.05, 4.69) is 21.1 Å². The van der Waals surface area contributed by atoms with E-state index in [1.54, 1.807) is 18.2 Å². The predicted octanol–water partition coefficient (Wildman–Crippen LogP) is 0.968. The van der Waals surface area contributed by atoms with Crippen LogP contribution in [0.4, 0.5) is 5.69 Å². The van der Waals surface area contributed by atoms with Crippen LogP contribution in [0.25, 0.3) is 0 Å². The summed E-state index contributed by atoms with van der Waals surface area (Å²) in [6, 6.07) is 11.1. The number of nitrogens with two attached hydrogens (primary N) is 1.